The van der Waals surface area contributed by atoms with Crippen molar-refractivity contribution in [3.05, 3.63) is 34.1 Å². The van der Waals surface area contributed by atoms with Crippen molar-refractivity contribution in [2.24, 2.45) is 0 Å². The third-order valence-electron chi connectivity index (χ3n) is 2.08. The number of hydrogen-bond donors (Lipinski definition) is 1. The van der Waals surface area contributed by atoms with Crippen molar-refractivity contribution in [2.75, 3.05) is 5.73 Å². The molecule has 2 aromatic rings. The Morgan fingerprint density at radius 3 is 2.81 bits per heavy atom. The van der Waals surface area contributed by atoms with Gasteiger partial charge in [-0.15, -0.1) is 5.10 Å². The van der Waals surface area contributed by atoms with Crippen LogP contribution in [0.4, 0.5) is 5.95 Å². The minimum absolute atomic E-state index is 0.163. The largest absolute Gasteiger partial charge is 0.366 e. The summed E-state index contributed by atoms with van der Waals surface area (Å²) in [6.45, 7) is 1.93. The van der Waals surface area contributed by atoms with Gasteiger partial charge in [-0.25, -0.2) is 4.68 Å². The van der Waals surface area contributed by atoms with Crippen LogP contribution in [0.25, 0.3) is 5.69 Å². The Bertz CT molecular complexity index is 581. The molecule has 0 aliphatic rings. The van der Waals surface area contributed by atoms with Gasteiger partial charge < -0.3 is 5.73 Å². The topological polar surface area (TPSA) is 80.5 Å². The summed E-state index contributed by atoms with van der Waals surface area (Å²) in [5, 5.41) is 13.0. The van der Waals surface area contributed by atoms with E-state index < -0.39 is 0 Å². The molecule has 1 aromatic carbocycles. The summed E-state index contributed by atoms with van der Waals surface area (Å²) in [7, 11) is 0. The van der Waals surface area contributed by atoms with Gasteiger partial charge in [0.05, 0.1) is 11.3 Å². The lowest BCUT2D eigenvalue weighted by molar-refractivity contribution is 0.856. The number of halogens is 1. The molecule has 0 spiro atoms. The Morgan fingerprint density at radius 2 is 2.25 bits per heavy atom. The summed E-state index contributed by atoms with van der Waals surface area (Å²) in [4.78, 5) is 3.92. The molecule has 0 aliphatic heterocycles. The van der Waals surface area contributed by atoms with Gasteiger partial charge in [-0.1, -0.05) is 6.07 Å². The van der Waals surface area contributed by atoms with E-state index in [2.05, 4.69) is 32.1 Å². The van der Waals surface area contributed by atoms with E-state index in [1.165, 1.54) is 4.68 Å². The molecular weight excluding hydrogens is 270 g/mol. The fraction of sp³-hybridized carbons (Fsp3) is 0.100. The van der Waals surface area contributed by atoms with E-state index in [1.807, 2.05) is 19.1 Å². The first-order chi connectivity index (χ1) is 7.61. The summed E-state index contributed by atoms with van der Waals surface area (Å²) in [5.74, 6) is 0.163. The summed E-state index contributed by atoms with van der Waals surface area (Å²) in [6.07, 6.45) is 0. The molecule has 0 unspecified atom stereocenters. The van der Waals surface area contributed by atoms with Crippen LogP contribution in [0.2, 0.25) is 0 Å². The maximum absolute atomic E-state index is 9.04. The highest BCUT2D eigenvalue weighted by Crippen LogP contribution is 2.19. The van der Waals surface area contributed by atoms with Crippen molar-refractivity contribution >= 4 is 21.9 Å². The molecule has 0 saturated heterocycles. The lowest BCUT2D eigenvalue weighted by Gasteiger charge is -2.04. The fourth-order valence-corrected chi connectivity index (χ4v) is 1.84. The van der Waals surface area contributed by atoms with Gasteiger partial charge in [0, 0.05) is 0 Å². The van der Waals surface area contributed by atoms with Crippen LogP contribution in [0.5, 0.6) is 0 Å². The molecule has 6 heteroatoms. The van der Waals surface area contributed by atoms with Crippen LogP contribution in [0, 0.1) is 18.3 Å². The Hall–Kier alpha value is -1.87. The van der Waals surface area contributed by atoms with Crippen LogP contribution in [0.1, 0.15) is 11.1 Å². The average molecular weight is 278 g/mol. The minimum atomic E-state index is 0.163. The number of nitrogens with two attached hydrogens (primary N) is 1. The molecule has 0 amide bonds. The van der Waals surface area contributed by atoms with Crippen LogP contribution < -0.4 is 5.73 Å². The van der Waals surface area contributed by atoms with Crippen molar-refractivity contribution in [1.82, 2.24) is 14.8 Å². The summed E-state index contributed by atoms with van der Waals surface area (Å²) < 4.78 is 1.97. The number of aryl methyl sites for hydroxylation is 1. The third kappa shape index (κ3) is 1.77. The quantitative estimate of drug-likeness (QED) is 0.862. The molecule has 1 heterocycles. The number of nitriles is 1. The van der Waals surface area contributed by atoms with E-state index in [0.717, 1.165) is 5.56 Å². The molecule has 0 fully saturated rings. The van der Waals surface area contributed by atoms with Crippen molar-refractivity contribution in [3.63, 3.8) is 0 Å². The second-order valence-corrected chi connectivity index (χ2v) is 3.99. The standard InChI is InChI=1S/C10H8BrN5/c1-6-2-3-8(7(4-6)5-12)16-9(11)14-10(13)15-16/h2-4H,1H3,(H2,13,15). The molecule has 2 N–H and O–H groups in total. The van der Waals surface area contributed by atoms with Gasteiger partial charge in [0.25, 0.3) is 0 Å². The van der Waals surface area contributed by atoms with Crippen molar-refractivity contribution in [2.45, 2.75) is 6.92 Å². The van der Waals surface area contributed by atoms with Crippen LogP contribution in [0.3, 0.4) is 0 Å². The molecule has 80 valence electrons. The zero-order valence-corrected chi connectivity index (χ0v) is 10.1. The van der Waals surface area contributed by atoms with E-state index in [-0.39, 0.29) is 5.95 Å². The average Bonchev–Trinajstić information content (AvgIpc) is 2.57. The Kier molecular flexibility index (Phi) is 2.62. The number of hydrogen-bond acceptors (Lipinski definition) is 4. The normalized spacial score (nSPS) is 10.1. The molecule has 0 saturated carbocycles. The number of anilines is 1. The molecule has 1 aromatic heterocycles. The minimum Gasteiger partial charge on any atom is -0.366 e. The van der Waals surface area contributed by atoms with E-state index in [4.69, 9.17) is 11.0 Å². The van der Waals surface area contributed by atoms with Gasteiger partial charge in [-0.2, -0.15) is 10.2 Å². The van der Waals surface area contributed by atoms with Crippen molar-refractivity contribution in [1.29, 1.82) is 5.26 Å². The number of benzene rings is 1. The number of rotatable bonds is 1. The zero-order chi connectivity index (χ0) is 11.7. The van der Waals surface area contributed by atoms with Crippen LogP contribution in [-0.4, -0.2) is 14.8 Å². The highest BCUT2D eigenvalue weighted by molar-refractivity contribution is 9.10. The zero-order valence-electron chi connectivity index (χ0n) is 8.48. The maximum atomic E-state index is 9.04. The molecular formula is C10H8BrN5. The van der Waals surface area contributed by atoms with E-state index in [1.54, 1.807) is 6.07 Å². The van der Waals surface area contributed by atoms with E-state index in [9.17, 15) is 0 Å². The van der Waals surface area contributed by atoms with Crippen molar-refractivity contribution < 1.29 is 0 Å². The van der Waals surface area contributed by atoms with Crippen LogP contribution in [0.15, 0.2) is 22.9 Å². The maximum Gasteiger partial charge on any atom is 0.240 e. The molecule has 2 rings (SSSR count). The van der Waals surface area contributed by atoms with Gasteiger partial charge in [0.2, 0.25) is 10.7 Å². The Morgan fingerprint density at radius 1 is 1.50 bits per heavy atom. The molecule has 16 heavy (non-hydrogen) atoms. The monoisotopic (exact) mass is 277 g/mol. The Balaban J connectivity index is 2.65. The summed E-state index contributed by atoms with van der Waals surface area (Å²) >= 11 is 3.24. The van der Waals surface area contributed by atoms with Gasteiger partial charge in [-0.3, -0.25) is 0 Å². The van der Waals surface area contributed by atoms with Gasteiger partial charge in [0.1, 0.15) is 6.07 Å². The molecule has 5 nitrogen and oxygen atoms in total. The number of nitrogens with zero attached hydrogens (tertiary/aromatic N) is 4. The molecule has 0 bridgehead atoms. The smallest absolute Gasteiger partial charge is 0.240 e. The Labute approximate surface area is 101 Å². The number of aromatic nitrogens is 3. The SMILES string of the molecule is Cc1ccc(-n2nc(N)nc2Br)c(C#N)c1. The first kappa shape index (κ1) is 10.6. The second kappa shape index (κ2) is 3.94. The first-order valence-corrected chi connectivity index (χ1v) is 5.30. The van der Waals surface area contributed by atoms with Gasteiger partial charge in [-0.05, 0) is 40.5 Å². The predicted molar refractivity (Wildman–Crippen MR) is 62.9 cm³/mol. The lowest BCUT2D eigenvalue weighted by atomic mass is 10.1. The second-order valence-electron chi connectivity index (χ2n) is 3.28. The fourth-order valence-electron chi connectivity index (χ4n) is 1.39. The van der Waals surface area contributed by atoms with Gasteiger partial charge in [0.15, 0.2) is 0 Å². The molecule has 0 aliphatic carbocycles. The van der Waals surface area contributed by atoms with Crippen molar-refractivity contribution in [3.8, 4) is 11.8 Å². The predicted octanol–water partition coefficient (Wildman–Crippen LogP) is 1.79. The van der Waals surface area contributed by atoms with E-state index >= 15 is 0 Å². The lowest BCUT2D eigenvalue weighted by Crippen LogP contribution is -2.01. The van der Waals surface area contributed by atoms with Gasteiger partial charge >= 0.3 is 0 Å². The summed E-state index contributed by atoms with van der Waals surface area (Å²) in [5.41, 5.74) is 7.69. The first-order valence-electron chi connectivity index (χ1n) is 4.51. The highest BCUT2D eigenvalue weighted by atomic mass is 79.9. The third-order valence-corrected chi connectivity index (χ3v) is 2.60. The molecule has 0 atom stereocenters. The number of nitrogen functional groups attached to an aromatic ring is 1. The summed E-state index contributed by atoms with van der Waals surface area (Å²) in [6, 6.07) is 7.63. The van der Waals surface area contributed by atoms with Crippen LogP contribution in [-0.2, 0) is 0 Å². The van der Waals surface area contributed by atoms with E-state index in [0.29, 0.717) is 16.0 Å². The van der Waals surface area contributed by atoms with Crippen LogP contribution >= 0.6 is 15.9 Å². The highest BCUT2D eigenvalue weighted by Gasteiger charge is 2.11. The molecule has 0 radical (unpaired) electrons.